The number of rotatable bonds is 10. The summed E-state index contributed by atoms with van der Waals surface area (Å²) in [6.07, 6.45) is 0.315. The normalized spacial score (nSPS) is 12.4. The number of fused-ring (bicyclic) bond motifs is 3. The molecule has 0 saturated carbocycles. The highest BCUT2D eigenvalue weighted by molar-refractivity contribution is 8.00. The van der Waals surface area contributed by atoms with Crippen molar-refractivity contribution < 1.29 is 19.2 Å². The van der Waals surface area contributed by atoms with Crippen molar-refractivity contribution in [1.29, 1.82) is 0 Å². The smallest absolute Gasteiger partial charge is 0.331 e. The Hall–Kier alpha value is -4.49. The van der Waals surface area contributed by atoms with Gasteiger partial charge in [0.15, 0.2) is 5.78 Å². The Morgan fingerprint density at radius 3 is 2.12 bits per heavy atom. The van der Waals surface area contributed by atoms with Gasteiger partial charge in [-0.2, -0.15) is 0 Å². The summed E-state index contributed by atoms with van der Waals surface area (Å²) in [5, 5.41) is 5.75. The molecular weight excluding hydrogens is 544 g/mol. The molecule has 1 aromatic heterocycles. The van der Waals surface area contributed by atoms with E-state index in [4.69, 9.17) is 4.84 Å². The van der Waals surface area contributed by atoms with Crippen molar-refractivity contribution in [2.75, 3.05) is 0 Å². The summed E-state index contributed by atoms with van der Waals surface area (Å²) in [5.41, 5.74) is 4.75. The maximum atomic E-state index is 13.8. The lowest BCUT2D eigenvalue weighted by atomic mass is 9.97. The molecule has 0 aliphatic heterocycles. The topological polar surface area (TPSA) is 77.7 Å². The standard InChI is InChI=1S/C35H32N2O4S/c1-5-37-32-17-15-25(34(39)28-14-10-9-11-22(28)2)20-29(32)30-21-26(16-18-33(30)37)35(40)31(36-41-24(4)38)19-23(3)42-27-12-7-6-8-13-27/h6-18,20-21,23H,5,19H2,1-4H3/b36-31+. The molecule has 0 bridgehead atoms. The fourth-order valence-corrected chi connectivity index (χ4v) is 6.23. The SMILES string of the molecule is CCn1c2ccc(C(=O)/C(CC(C)Sc3ccccc3)=N/OC(C)=O)cc2c2cc(C(=O)c3ccccc3C)ccc21. The second-order valence-corrected chi connectivity index (χ2v) is 11.8. The summed E-state index contributed by atoms with van der Waals surface area (Å²) in [6.45, 7) is 8.00. The number of benzene rings is 4. The lowest BCUT2D eigenvalue weighted by molar-refractivity contribution is -0.140. The first-order valence-electron chi connectivity index (χ1n) is 13.9. The van der Waals surface area contributed by atoms with Crippen LogP contribution in [-0.2, 0) is 16.2 Å². The van der Waals surface area contributed by atoms with Gasteiger partial charge in [0.25, 0.3) is 0 Å². The minimum absolute atomic E-state index is 0.00593. The lowest BCUT2D eigenvalue weighted by Crippen LogP contribution is -2.19. The minimum atomic E-state index is -0.587. The van der Waals surface area contributed by atoms with E-state index >= 15 is 0 Å². The number of carbonyl (C=O) groups excluding carboxylic acids is 3. The van der Waals surface area contributed by atoms with E-state index in [1.807, 2.05) is 98.8 Å². The maximum Gasteiger partial charge on any atom is 0.331 e. The van der Waals surface area contributed by atoms with Crippen molar-refractivity contribution in [2.45, 2.75) is 50.8 Å². The molecular formula is C35H32N2O4S. The van der Waals surface area contributed by atoms with E-state index in [1.165, 1.54) is 6.92 Å². The number of Topliss-reactive ketones (excluding diaryl/α,β-unsaturated/α-hetero) is 1. The molecule has 1 atom stereocenters. The number of hydrogen-bond acceptors (Lipinski definition) is 6. The van der Waals surface area contributed by atoms with E-state index in [0.29, 0.717) is 23.1 Å². The molecule has 42 heavy (non-hydrogen) atoms. The van der Waals surface area contributed by atoms with Gasteiger partial charge in [-0.1, -0.05) is 54.5 Å². The van der Waals surface area contributed by atoms with E-state index in [0.717, 1.165) is 38.8 Å². The van der Waals surface area contributed by atoms with Gasteiger partial charge in [-0.15, -0.1) is 11.8 Å². The van der Waals surface area contributed by atoms with Crippen molar-refractivity contribution in [3.63, 3.8) is 0 Å². The zero-order valence-electron chi connectivity index (χ0n) is 24.1. The van der Waals surface area contributed by atoms with Gasteiger partial charge >= 0.3 is 5.97 Å². The molecule has 7 heteroatoms. The van der Waals surface area contributed by atoms with Crippen molar-refractivity contribution in [3.05, 3.63) is 113 Å². The molecule has 0 N–H and O–H groups in total. The number of aryl methyl sites for hydroxylation is 2. The molecule has 5 rings (SSSR count). The van der Waals surface area contributed by atoms with Gasteiger partial charge in [-0.25, -0.2) is 4.79 Å². The quantitative estimate of drug-likeness (QED) is 0.0553. The van der Waals surface area contributed by atoms with Crippen LogP contribution < -0.4 is 0 Å². The van der Waals surface area contributed by atoms with Crippen LogP contribution in [0.25, 0.3) is 21.8 Å². The number of ketones is 2. The molecule has 1 unspecified atom stereocenters. The van der Waals surface area contributed by atoms with Gasteiger partial charge in [-0.3, -0.25) is 9.59 Å². The Kier molecular flexibility index (Phi) is 8.69. The van der Waals surface area contributed by atoms with E-state index < -0.39 is 5.97 Å². The third-order valence-electron chi connectivity index (χ3n) is 7.20. The number of oxime groups is 1. The van der Waals surface area contributed by atoms with Gasteiger partial charge in [0, 0.05) is 68.5 Å². The lowest BCUT2D eigenvalue weighted by Gasteiger charge is -2.12. The van der Waals surface area contributed by atoms with Crippen molar-refractivity contribution >= 4 is 56.8 Å². The molecule has 0 fully saturated rings. The van der Waals surface area contributed by atoms with Crippen LogP contribution in [0.3, 0.4) is 0 Å². The first-order chi connectivity index (χ1) is 20.3. The van der Waals surface area contributed by atoms with Gasteiger partial charge < -0.3 is 9.40 Å². The predicted molar refractivity (Wildman–Crippen MR) is 170 cm³/mol. The third-order valence-corrected chi connectivity index (χ3v) is 8.32. The molecule has 0 aliphatic carbocycles. The Labute approximate surface area is 249 Å². The van der Waals surface area contributed by atoms with Crippen LogP contribution in [0.2, 0.25) is 0 Å². The molecule has 0 spiro atoms. The van der Waals surface area contributed by atoms with E-state index in [2.05, 4.69) is 16.6 Å². The highest BCUT2D eigenvalue weighted by atomic mass is 32.2. The minimum Gasteiger partial charge on any atom is -0.341 e. The van der Waals surface area contributed by atoms with Crippen LogP contribution in [0, 0.1) is 6.92 Å². The highest BCUT2D eigenvalue weighted by Gasteiger charge is 2.22. The average molecular weight is 577 g/mol. The van der Waals surface area contributed by atoms with Gasteiger partial charge in [-0.05, 0) is 67.9 Å². The fraction of sp³-hybridized carbons (Fsp3) is 0.200. The Morgan fingerprint density at radius 2 is 1.48 bits per heavy atom. The van der Waals surface area contributed by atoms with Crippen molar-refractivity contribution in [3.8, 4) is 0 Å². The van der Waals surface area contributed by atoms with Crippen LogP contribution in [0.5, 0.6) is 0 Å². The largest absolute Gasteiger partial charge is 0.341 e. The van der Waals surface area contributed by atoms with Crippen molar-refractivity contribution in [1.82, 2.24) is 4.57 Å². The van der Waals surface area contributed by atoms with E-state index in [1.54, 1.807) is 17.8 Å². The third kappa shape index (κ3) is 6.06. The van der Waals surface area contributed by atoms with Crippen LogP contribution in [-0.4, -0.2) is 33.1 Å². The number of carbonyl (C=O) groups is 3. The van der Waals surface area contributed by atoms with Gasteiger partial charge in [0.1, 0.15) is 5.71 Å². The van der Waals surface area contributed by atoms with E-state index in [9.17, 15) is 14.4 Å². The predicted octanol–water partition coefficient (Wildman–Crippen LogP) is 8.03. The average Bonchev–Trinajstić information content (AvgIpc) is 3.31. The highest BCUT2D eigenvalue weighted by Crippen LogP contribution is 2.32. The Balaban J connectivity index is 1.53. The fourth-order valence-electron chi connectivity index (χ4n) is 5.21. The summed E-state index contributed by atoms with van der Waals surface area (Å²) in [6, 6.07) is 28.8. The molecule has 0 amide bonds. The second kappa shape index (κ2) is 12.6. The molecule has 0 radical (unpaired) electrons. The molecule has 0 saturated heterocycles. The number of thioether (sulfide) groups is 1. The number of nitrogens with zero attached hydrogens (tertiary/aromatic N) is 2. The number of aromatic nitrogens is 1. The Bertz CT molecular complexity index is 1840. The molecule has 1 heterocycles. The van der Waals surface area contributed by atoms with Crippen LogP contribution >= 0.6 is 11.8 Å². The van der Waals surface area contributed by atoms with Gasteiger partial charge in [0.2, 0.25) is 5.78 Å². The van der Waals surface area contributed by atoms with Crippen LogP contribution in [0.1, 0.15) is 59.0 Å². The van der Waals surface area contributed by atoms with Crippen molar-refractivity contribution in [2.24, 2.45) is 5.16 Å². The number of hydrogen-bond donors (Lipinski definition) is 0. The van der Waals surface area contributed by atoms with Gasteiger partial charge in [0.05, 0.1) is 0 Å². The molecule has 6 nitrogen and oxygen atoms in total. The second-order valence-electron chi connectivity index (χ2n) is 10.2. The summed E-state index contributed by atoms with van der Waals surface area (Å²) >= 11 is 1.62. The summed E-state index contributed by atoms with van der Waals surface area (Å²) in [4.78, 5) is 44.8. The summed E-state index contributed by atoms with van der Waals surface area (Å²) in [5.74, 6) is -0.931. The van der Waals surface area contributed by atoms with Crippen LogP contribution in [0.15, 0.2) is 101 Å². The van der Waals surface area contributed by atoms with Crippen LogP contribution in [0.4, 0.5) is 0 Å². The summed E-state index contributed by atoms with van der Waals surface area (Å²) < 4.78 is 2.17. The molecule has 5 aromatic rings. The zero-order chi connectivity index (χ0) is 29.8. The zero-order valence-corrected chi connectivity index (χ0v) is 24.9. The monoisotopic (exact) mass is 576 g/mol. The first-order valence-corrected chi connectivity index (χ1v) is 14.8. The molecule has 4 aromatic carbocycles. The Morgan fingerprint density at radius 1 is 0.857 bits per heavy atom. The first kappa shape index (κ1) is 29.0. The van der Waals surface area contributed by atoms with E-state index in [-0.39, 0.29) is 22.5 Å². The maximum absolute atomic E-state index is 13.8. The summed E-state index contributed by atoms with van der Waals surface area (Å²) in [7, 11) is 0. The molecule has 212 valence electrons. The molecule has 0 aliphatic rings.